The number of carboxylic acids is 1. The van der Waals surface area contributed by atoms with Gasteiger partial charge in [-0.3, -0.25) is 4.79 Å². The Morgan fingerprint density at radius 3 is 2.80 bits per heavy atom. The second-order valence-electron chi connectivity index (χ2n) is 5.66. The zero-order valence-electron chi connectivity index (χ0n) is 11.3. The van der Waals surface area contributed by atoms with Crippen LogP contribution < -0.4 is 10.1 Å². The van der Waals surface area contributed by atoms with Gasteiger partial charge in [0.2, 0.25) is 0 Å². The molecule has 0 spiro atoms. The van der Waals surface area contributed by atoms with Crippen molar-refractivity contribution in [1.29, 1.82) is 0 Å². The number of benzene rings is 1. The monoisotopic (exact) mass is 275 g/mol. The molecule has 0 aromatic heterocycles. The maximum Gasteiger partial charge on any atom is 0.329 e. The summed E-state index contributed by atoms with van der Waals surface area (Å²) in [7, 11) is 0. The van der Waals surface area contributed by atoms with Gasteiger partial charge in [0.25, 0.3) is 5.91 Å². The van der Waals surface area contributed by atoms with E-state index >= 15 is 0 Å². The van der Waals surface area contributed by atoms with Gasteiger partial charge < -0.3 is 15.2 Å². The molecule has 1 heterocycles. The third-order valence-electron chi connectivity index (χ3n) is 4.16. The molecule has 1 amide bonds. The fourth-order valence-corrected chi connectivity index (χ4v) is 2.63. The minimum atomic E-state index is -1.17. The molecule has 5 nitrogen and oxygen atoms in total. The first kappa shape index (κ1) is 13.0. The van der Waals surface area contributed by atoms with Gasteiger partial charge in [0.05, 0.1) is 6.61 Å². The Bertz CT molecular complexity index is 579. The largest absolute Gasteiger partial charge is 0.493 e. The predicted molar refractivity (Wildman–Crippen MR) is 71.9 cm³/mol. The Hall–Kier alpha value is -2.04. The Morgan fingerprint density at radius 1 is 1.40 bits per heavy atom. The molecule has 0 bridgehead atoms. The number of fused-ring (bicyclic) bond motifs is 1. The fourth-order valence-electron chi connectivity index (χ4n) is 2.63. The van der Waals surface area contributed by atoms with Crippen molar-refractivity contribution < 1.29 is 19.4 Å². The van der Waals surface area contributed by atoms with E-state index in [1.807, 2.05) is 0 Å². The van der Waals surface area contributed by atoms with E-state index in [-0.39, 0.29) is 11.8 Å². The van der Waals surface area contributed by atoms with Crippen molar-refractivity contribution >= 4 is 11.9 Å². The van der Waals surface area contributed by atoms with Crippen molar-refractivity contribution in [2.75, 3.05) is 6.61 Å². The van der Waals surface area contributed by atoms with Crippen LogP contribution in [0.1, 0.15) is 35.7 Å². The van der Waals surface area contributed by atoms with Gasteiger partial charge in [-0.25, -0.2) is 4.79 Å². The average molecular weight is 275 g/mol. The summed E-state index contributed by atoms with van der Waals surface area (Å²) in [6.45, 7) is 2.22. The molecule has 3 rings (SSSR count). The normalized spacial score (nSPS) is 19.6. The highest BCUT2D eigenvalue weighted by molar-refractivity contribution is 5.98. The summed E-state index contributed by atoms with van der Waals surface area (Å²) in [6.07, 6.45) is 2.48. The lowest BCUT2D eigenvalue weighted by Crippen LogP contribution is -2.54. The summed E-state index contributed by atoms with van der Waals surface area (Å²) in [6, 6.07) is 5.23. The van der Waals surface area contributed by atoms with Crippen LogP contribution in [0.5, 0.6) is 5.75 Å². The van der Waals surface area contributed by atoms with E-state index in [0.717, 1.165) is 30.6 Å². The number of rotatable bonds is 4. The summed E-state index contributed by atoms with van der Waals surface area (Å²) in [5.41, 5.74) is 0.315. The first-order chi connectivity index (χ1) is 9.50. The molecule has 1 aromatic carbocycles. The third kappa shape index (κ3) is 2.13. The summed E-state index contributed by atoms with van der Waals surface area (Å²) in [4.78, 5) is 23.7. The maximum absolute atomic E-state index is 12.3. The third-order valence-corrected chi connectivity index (χ3v) is 4.16. The van der Waals surface area contributed by atoms with Gasteiger partial charge in [0.15, 0.2) is 0 Å². The molecule has 0 radical (unpaired) electrons. The molecule has 1 aliphatic heterocycles. The molecule has 1 fully saturated rings. The quantitative estimate of drug-likeness (QED) is 0.875. The minimum Gasteiger partial charge on any atom is -0.493 e. The van der Waals surface area contributed by atoms with E-state index in [9.17, 15) is 14.7 Å². The summed E-state index contributed by atoms with van der Waals surface area (Å²) >= 11 is 0. The molecular formula is C15H17NO4. The number of carbonyl (C=O) groups is 2. The highest BCUT2D eigenvalue weighted by atomic mass is 16.5. The van der Waals surface area contributed by atoms with Crippen LogP contribution in [0.3, 0.4) is 0 Å². The SMILES string of the molecule is CC(NC(=O)c1ccc2c(c1)CCO2)(C(=O)O)C1CC1. The fraction of sp³-hybridized carbons (Fsp3) is 0.467. The molecule has 2 N–H and O–H groups in total. The number of carboxylic acid groups (broad SMARTS) is 1. The van der Waals surface area contributed by atoms with Crippen LogP contribution in [0, 0.1) is 5.92 Å². The molecule has 1 aliphatic carbocycles. The second-order valence-corrected chi connectivity index (χ2v) is 5.66. The number of aliphatic carboxylic acids is 1. The minimum absolute atomic E-state index is 0.0294. The Morgan fingerprint density at radius 2 is 2.15 bits per heavy atom. The van der Waals surface area contributed by atoms with Crippen LogP contribution >= 0.6 is 0 Å². The molecule has 1 aromatic rings. The maximum atomic E-state index is 12.3. The summed E-state index contributed by atoms with van der Waals surface area (Å²) in [5, 5.41) is 12.0. The van der Waals surface area contributed by atoms with Gasteiger partial charge >= 0.3 is 5.97 Å². The number of carbonyl (C=O) groups excluding carboxylic acids is 1. The van der Waals surface area contributed by atoms with Crippen LogP contribution in [0.2, 0.25) is 0 Å². The van der Waals surface area contributed by atoms with Crippen LogP contribution in [0.15, 0.2) is 18.2 Å². The van der Waals surface area contributed by atoms with Crippen LogP contribution in [-0.4, -0.2) is 29.1 Å². The molecular weight excluding hydrogens is 258 g/mol. The Labute approximate surface area is 116 Å². The topological polar surface area (TPSA) is 75.6 Å². The first-order valence-electron chi connectivity index (χ1n) is 6.82. The van der Waals surface area contributed by atoms with Gasteiger partial charge in [-0.15, -0.1) is 0 Å². The Balaban J connectivity index is 1.80. The van der Waals surface area contributed by atoms with Crippen LogP contribution in [0.4, 0.5) is 0 Å². The first-order valence-corrected chi connectivity index (χ1v) is 6.82. The van der Waals surface area contributed by atoms with Crippen molar-refractivity contribution in [3.05, 3.63) is 29.3 Å². The number of ether oxygens (including phenoxy) is 1. The highest BCUT2D eigenvalue weighted by Gasteiger charge is 2.48. The van der Waals surface area contributed by atoms with E-state index in [1.54, 1.807) is 25.1 Å². The van der Waals surface area contributed by atoms with Gasteiger partial charge in [-0.2, -0.15) is 0 Å². The molecule has 1 unspecified atom stereocenters. The lowest BCUT2D eigenvalue weighted by atomic mass is 9.95. The second kappa shape index (κ2) is 4.51. The van der Waals surface area contributed by atoms with E-state index in [2.05, 4.69) is 5.32 Å². The zero-order chi connectivity index (χ0) is 14.3. The van der Waals surface area contributed by atoms with Crippen molar-refractivity contribution in [3.63, 3.8) is 0 Å². The molecule has 20 heavy (non-hydrogen) atoms. The van der Waals surface area contributed by atoms with E-state index in [0.29, 0.717) is 12.2 Å². The lowest BCUT2D eigenvalue weighted by Gasteiger charge is -2.26. The molecule has 106 valence electrons. The number of hydrogen-bond donors (Lipinski definition) is 2. The van der Waals surface area contributed by atoms with Gasteiger partial charge in [-0.1, -0.05) is 0 Å². The van der Waals surface area contributed by atoms with Crippen molar-refractivity contribution in [3.8, 4) is 5.75 Å². The van der Waals surface area contributed by atoms with Gasteiger partial charge in [-0.05, 0) is 49.4 Å². The van der Waals surface area contributed by atoms with E-state index < -0.39 is 11.5 Å². The zero-order valence-corrected chi connectivity index (χ0v) is 11.3. The molecule has 2 aliphatic rings. The number of nitrogens with one attached hydrogen (secondary N) is 1. The molecule has 0 saturated heterocycles. The highest BCUT2D eigenvalue weighted by Crippen LogP contribution is 2.40. The van der Waals surface area contributed by atoms with Crippen molar-refractivity contribution in [2.24, 2.45) is 5.92 Å². The van der Waals surface area contributed by atoms with Gasteiger partial charge in [0, 0.05) is 12.0 Å². The molecule has 1 atom stereocenters. The van der Waals surface area contributed by atoms with Crippen molar-refractivity contribution in [2.45, 2.75) is 31.7 Å². The predicted octanol–water partition coefficient (Wildman–Crippen LogP) is 1.60. The van der Waals surface area contributed by atoms with Gasteiger partial charge in [0.1, 0.15) is 11.3 Å². The number of amides is 1. The summed E-state index contributed by atoms with van der Waals surface area (Å²) < 4.78 is 5.39. The standard InChI is InChI=1S/C15H17NO4/c1-15(14(18)19,11-3-4-11)16-13(17)10-2-5-12-9(8-10)6-7-20-12/h2,5,8,11H,3-4,6-7H2,1H3,(H,16,17)(H,18,19). The van der Waals surface area contributed by atoms with E-state index in [1.165, 1.54) is 0 Å². The van der Waals surface area contributed by atoms with Crippen LogP contribution in [-0.2, 0) is 11.2 Å². The lowest BCUT2D eigenvalue weighted by molar-refractivity contribution is -0.144. The summed E-state index contributed by atoms with van der Waals surface area (Å²) in [5.74, 6) is -0.471. The average Bonchev–Trinajstić information content (AvgIpc) is 3.16. The smallest absolute Gasteiger partial charge is 0.329 e. The molecule has 1 saturated carbocycles. The van der Waals surface area contributed by atoms with E-state index in [4.69, 9.17) is 4.74 Å². The molecule has 5 heteroatoms. The number of hydrogen-bond acceptors (Lipinski definition) is 3. The Kier molecular flexibility index (Phi) is 2.92. The van der Waals surface area contributed by atoms with Crippen LogP contribution in [0.25, 0.3) is 0 Å². The van der Waals surface area contributed by atoms with Crippen molar-refractivity contribution in [1.82, 2.24) is 5.32 Å².